The number of hydrogen-bond donors (Lipinski definition) is 0. The summed E-state index contributed by atoms with van der Waals surface area (Å²) < 4.78 is 113. The second-order valence-corrected chi connectivity index (χ2v) is 21.0. The fourth-order valence-electron chi connectivity index (χ4n) is 9.10. The Morgan fingerprint density at radius 1 is 0.300 bits per heavy atom. The molecule has 0 saturated carbocycles. The van der Waals surface area contributed by atoms with E-state index in [9.17, 15) is 8.42 Å². The normalized spacial score (nSPS) is 16.3. The van der Waals surface area contributed by atoms with Crippen LogP contribution >= 0.6 is 0 Å². The van der Waals surface area contributed by atoms with Crippen LogP contribution < -0.4 is 28.4 Å². The summed E-state index contributed by atoms with van der Waals surface area (Å²) in [6, 6.07) is 48.2. The molecular formula is C62H62O17S. The molecule has 0 bridgehead atoms. The molecule has 0 unspecified atom stereocenters. The minimum atomic E-state index is -3.79. The highest BCUT2D eigenvalue weighted by atomic mass is 32.2. The molecule has 11 rings (SSSR count). The Morgan fingerprint density at radius 3 is 0.713 bits per heavy atom. The highest BCUT2D eigenvalue weighted by molar-refractivity contribution is 7.85. The lowest BCUT2D eigenvalue weighted by Crippen LogP contribution is -2.05. The summed E-state index contributed by atoms with van der Waals surface area (Å²) in [6.45, 7) is 5.59. The van der Waals surface area contributed by atoms with E-state index >= 15 is 0 Å². The zero-order chi connectivity index (χ0) is 54.5. The summed E-state index contributed by atoms with van der Waals surface area (Å²) >= 11 is 0. The maximum atomic E-state index is 12.2. The van der Waals surface area contributed by atoms with Gasteiger partial charge in [-0.2, -0.15) is 8.42 Å². The van der Waals surface area contributed by atoms with Crippen molar-refractivity contribution in [1.29, 1.82) is 0 Å². The van der Waals surface area contributed by atoms with Gasteiger partial charge in [-0.15, -0.1) is 0 Å². The second-order valence-electron chi connectivity index (χ2n) is 19.4. The van der Waals surface area contributed by atoms with Gasteiger partial charge in [0.05, 0.1) is 65.7 Å². The Bertz CT molecular complexity index is 2860. The second kappa shape index (κ2) is 26.5. The molecule has 0 aromatic heterocycles. The van der Waals surface area contributed by atoms with Crippen molar-refractivity contribution in [1.82, 2.24) is 0 Å². The number of ether oxygens (including phenoxy) is 14. The van der Waals surface area contributed by atoms with Gasteiger partial charge in [-0.1, -0.05) is 97.1 Å². The van der Waals surface area contributed by atoms with Gasteiger partial charge in [0.1, 0.15) is 74.1 Å². The van der Waals surface area contributed by atoms with Gasteiger partial charge in [0, 0.05) is 40.5 Å². The van der Waals surface area contributed by atoms with Crippen LogP contribution in [0.3, 0.4) is 0 Å². The van der Waals surface area contributed by atoms with E-state index in [1.807, 2.05) is 133 Å². The molecule has 4 aliphatic heterocycles. The first-order valence-corrected chi connectivity index (χ1v) is 28.3. The largest absolute Gasteiger partial charge is 0.489 e. The standard InChI is InChI=1S/C62H62O17S/c1-80(63,64)79-41-48-30-57(77-39-46-26-53(73-35-42-2-10-49(11-3-42)59-65-18-19-66-59)32-54(27-46)74-36-43-4-12-50(13-5-43)60-67-20-21-68-60)34-58(31-48)78-40-47-28-55(75-37-44-6-14-51(15-7-44)61-69-22-23-70-61)33-56(29-47)76-38-45-8-16-52(17-9-45)62-71-24-25-72-62/h2-17,26-34,59-62H,18-25,35-41H2,1H3. The molecule has 18 heteroatoms. The monoisotopic (exact) mass is 1110 g/mol. The number of hydrogen-bond acceptors (Lipinski definition) is 17. The molecule has 4 aliphatic rings. The summed E-state index contributed by atoms with van der Waals surface area (Å²) in [7, 11) is -3.79. The first-order chi connectivity index (χ1) is 39.1. The lowest BCUT2D eigenvalue weighted by molar-refractivity contribution is -0.0443. The maximum Gasteiger partial charge on any atom is 0.264 e. The van der Waals surface area contributed by atoms with Crippen LogP contribution in [0.2, 0.25) is 0 Å². The Labute approximate surface area is 465 Å². The molecule has 0 radical (unpaired) electrons. The molecule has 0 N–H and O–H groups in total. The number of rotatable bonds is 25. The van der Waals surface area contributed by atoms with Gasteiger partial charge in [0.2, 0.25) is 0 Å². The van der Waals surface area contributed by atoms with Gasteiger partial charge in [-0.05, 0) is 75.3 Å². The first kappa shape index (κ1) is 54.9. The van der Waals surface area contributed by atoms with Crippen molar-refractivity contribution in [2.75, 3.05) is 59.1 Å². The van der Waals surface area contributed by atoms with Gasteiger partial charge in [0.25, 0.3) is 10.1 Å². The molecule has 0 spiro atoms. The lowest BCUT2D eigenvalue weighted by Gasteiger charge is -2.16. The molecular weight excluding hydrogens is 1050 g/mol. The zero-order valence-electron chi connectivity index (χ0n) is 44.2. The maximum absolute atomic E-state index is 12.2. The molecule has 7 aromatic carbocycles. The van der Waals surface area contributed by atoms with Crippen LogP contribution in [0, 0.1) is 0 Å². The van der Waals surface area contributed by atoms with Crippen molar-refractivity contribution in [2.45, 2.75) is 71.4 Å². The van der Waals surface area contributed by atoms with Crippen molar-refractivity contribution in [2.24, 2.45) is 0 Å². The van der Waals surface area contributed by atoms with Crippen LogP contribution in [0.5, 0.6) is 34.5 Å². The predicted molar refractivity (Wildman–Crippen MR) is 289 cm³/mol. The van der Waals surface area contributed by atoms with E-state index in [2.05, 4.69) is 0 Å². The van der Waals surface area contributed by atoms with Gasteiger partial charge in [-0.3, -0.25) is 4.18 Å². The van der Waals surface area contributed by atoms with E-state index in [1.165, 1.54) is 0 Å². The Kier molecular flexibility index (Phi) is 18.2. The lowest BCUT2D eigenvalue weighted by atomic mass is 10.1. The summed E-state index contributed by atoms with van der Waals surface area (Å²) in [5, 5.41) is 0. The number of benzene rings is 7. The quantitative estimate of drug-likeness (QED) is 0.0494. The van der Waals surface area contributed by atoms with Gasteiger partial charge < -0.3 is 66.3 Å². The Morgan fingerprint density at radius 2 is 0.500 bits per heavy atom. The average molecular weight is 1110 g/mol. The molecule has 418 valence electrons. The van der Waals surface area contributed by atoms with E-state index < -0.39 is 10.1 Å². The molecule has 0 amide bonds. The van der Waals surface area contributed by atoms with Gasteiger partial charge in [0.15, 0.2) is 25.2 Å². The van der Waals surface area contributed by atoms with Crippen molar-refractivity contribution in [3.05, 3.63) is 213 Å². The topological polar surface area (TPSA) is 173 Å². The third-order valence-electron chi connectivity index (χ3n) is 13.2. The smallest absolute Gasteiger partial charge is 0.264 e. The van der Waals surface area contributed by atoms with Crippen LogP contribution in [0.1, 0.15) is 86.4 Å². The predicted octanol–water partition coefficient (Wildman–Crippen LogP) is 10.8. The SMILES string of the molecule is CS(=O)(=O)OCc1cc(OCc2cc(OCc3ccc(C4OCCO4)cc3)cc(OCc3ccc(C4OCCO4)cc3)c2)cc(OCc2cc(OCc3ccc(C4OCCO4)cc3)cc(OCc3ccc(C4OCCO4)cc3)c2)c1. The van der Waals surface area contributed by atoms with Gasteiger partial charge >= 0.3 is 0 Å². The van der Waals surface area contributed by atoms with Crippen molar-refractivity contribution < 1.29 is 78.9 Å². The third-order valence-corrected chi connectivity index (χ3v) is 13.7. The van der Waals surface area contributed by atoms with Crippen LogP contribution in [0.4, 0.5) is 0 Å². The highest BCUT2D eigenvalue weighted by Gasteiger charge is 2.22. The highest BCUT2D eigenvalue weighted by Crippen LogP contribution is 2.33. The van der Waals surface area contributed by atoms with E-state index in [-0.39, 0.29) is 71.4 Å². The minimum absolute atomic E-state index is 0.0887. The first-order valence-electron chi connectivity index (χ1n) is 26.5. The summed E-state index contributed by atoms with van der Waals surface area (Å²) in [4.78, 5) is 0. The van der Waals surface area contributed by atoms with E-state index in [4.69, 9.17) is 70.5 Å². The average Bonchev–Trinajstić information content (AvgIpc) is 4.37. The van der Waals surface area contributed by atoms with E-state index in [0.717, 1.165) is 61.9 Å². The Balaban J connectivity index is 0.800. The molecule has 80 heavy (non-hydrogen) atoms. The summed E-state index contributed by atoms with van der Waals surface area (Å²) in [6.07, 6.45) is -0.470. The van der Waals surface area contributed by atoms with Crippen molar-refractivity contribution >= 4 is 10.1 Å². The molecule has 0 atom stereocenters. The summed E-state index contributed by atoms with van der Waals surface area (Å²) in [5.74, 6) is 3.08. The third kappa shape index (κ3) is 15.6. The van der Waals surface area contributed by atoms with Crippen LogP contribution in [-0.2, 0) is 98.4 Å². The summed E-state index contributed by atoms with van der Waals surface area (Å²) in [5.41, 5.74) is 9.59. The molecule has 4 heterocycles. The van der Waals surface area contributed by atoms with Crippen LogP contribution in [-0.4, -0.2) is 67.5 Å². The molecule has 17 nitrogen and oxygen atoms in total. The van der Waals surface area contributed by atoms with E-state index in [1.54, 1.807) is 18.2 Å². The molecule has 4 saturated heterocycles. The van der Waals surface area contributed by atoms with Crippen molar-refractivity contribution in [3.8, 4) is 34.5 Å². The van der Waals surface area contributed by atoms with Crippen LogP contribution in [0.15, 0.2) is 152 Å². The van der Waals surface area contributed by atoms with Crippen LogP contribution in [0.25, 0.3) is 0 Å². The minimum Gasteiger partial charge on any atom is -0.489 e. The fraction of sp³-hybridized carbons (Fsp3) is 0.323. The van der Waals surface area contributed by atoms with Gasteiger partial charge in [-0.25, -0.2) is 0 Å². The molecule has 0 aliphatic carbocycles. The zero-order valence-corrected chi connectivity index (χ0v) is 45.0. The van der Waals surface area contributed by atoms with Crippen molar-refractivity contribution in [3.63, 3.8) is 0 Å². The van der Waals surface area contributed by atoms with E-state index in [0.29, 0.717) is 92.9 Å². The molecule has 7 aromatic rings. The molecule has 4 fully saturated rings. The fourth-order valence-corrected chi connectivity index (χ4v) is 9.45. The Hall–Kier alpha value is -7.07.